The lowest BCUT2D eigenvalue weighted by atomic mass is 9.48. The molecule has 5 atom stereocenters. The van der Waals surface area contributed by atoms with Gasteiger partial charge in [0.05, 0.1) is 23.5 Å². The first kappa shape index (κ1) is 22.0. The minimum Gasteiger partial charge on any atom is -0.504 e. The summed E-state index contributed by atoms with van der Waals surface area (Å²) in [6.45, 7) is 1.97. The summed E-state index contributed by atoms with van der Waals surface area (Å²) in [5.41, 5.74) is 2.62. The molecule has 1 aromatic heterocycles. The molecular weight excluding hydrogens is 466 g/mol. The highest BCUT2D eigenvalue weighted by Crippen LogP contribution is 2.65. The van der Waals surface area contributed by atoms with Crippen molar-refractivity contribution in [2.24, 2.45) is 5.92 Å². The molecule has 3 fully saturated rings. The standard InChI is InChI=1S/C30H33N3O4/c34-23-8-7-18-13-24-30(36)10-9-22(32-25(35)14-19-15-31-21-4-2-1-3-20(19)21)28-29(30,26(18)27(23)37-28)11-12-33(24)16-17-5-6-17/h1-4,7-8,15,17,22,24,28,31,34,36H,5-6,9-14,16H2,(H,32,35)/t22-,24-,28+,29+,30-/m1/s1. The molecule has 5 aliphatic rings. The maximum absolute atomic E-state index is 13.3. The summed E-state index contributed by atoms with van der Waals surface area (Å²) in [5, 5.41) is 27.7. The smallest absolute Gasteiger partial charge is 0.224 e. The fraction of sp³-hybridized carbons (Fsp3) is 0.500. The second-order valence-corrected chi connectivity index (χ2v) is 12.0. The van der Waals surface area contributed by atoms with Crippen LogP contribution in [0.4, 0.5) is 0 Å². The Kier molecular flexibility index (Phi) is 4.47. The predicted molar refractivity (Wildman–Crippen MR) is 139 cm³/mol. The molecule has 7 heteroatoms. The van der Waals surface area contributed by atoms with Crippen LogP contribution in [0.3, 0.4) is 0 Å². The third-order valence-electron chi connectivity index (χ3n) is 10.1. The molecule has 4 N–H and O–H groups in total. The molecule has 2 aliphatic heterocycles. The van der Waals surface area contributed by atoms with E-state index in [0.717, 1.165) is 53.9 Å². The van der Waals surface area contributed by atoms with Gasteiger partial charge in [0.2, 0.25) is 5.91 Å². The van der Waals surface area contributed by atoms with Gasteiger partial charge >= 0.3 is 0 Å². The molecule has 1 amide bonds. The van der Waals surface area contributed by atoms with E-state index >= 15 is 0 Å². The minimum atomic E-state index is -0.936. The first-order valence-corrected chi connectivity index (χ1v) is 13.8. The summed E-state index contributed by atoms with van der Waals surface area (Å²) >= 11 is 0. The number of carbonyl (C=O) groups is 1. The van der Waals surface area contributed by atoms with Gasteiger partial charge < -0.3 is 25.3 Å². The van der Waals surface area contributed by atoms with Gasteiger partial charge in [-0.1, -0.05) is 24.3 Å². The van der Waals surface area contributed by atoms with Crippen LogP contribution >= 0.6 is 0 Å². The van der Waals surface area contributed by atoms with Gasteiger partial charge in [0.1, 0.15) is 6.10 Å². The van der Waals surface area contributed by atoms with E-state index in [2.05, 4.69) is 15.2 Å². The summed E-state index contributed by atoms with van der Waals surface area (Å²) in [5.74, 6) is 1.37. The second kappa shape index (κ2) is 7.51. The molecule has 3 heterocycles. The Morgan fingerprint density at radius 3 is 2.89 bits per heavy atom. The van der Waals surface area contributed by atoms with Crippen LogP contribution in [0.1, 0.15) is 48.8 Å². The Bertz CT molecular complexity index is 1430. The molecule has 3 aromatic rings. The van der Waals surface area contributed by atoms with Gasteiger partial charge in [-0.2, -0.15) is 0 Å². The fourth-order valence-electron chi connectivity index (χ4n) is 8.34. The molecule has 2 aromatic carbocycles. The molecular formula is C30H33N3O4. The van der Waals surface area contributed by atoms with E-state index in [1.807, 2.05) is 36.5 Å². The zero-order valence-corrected chi connectivity index (χ0v) is 20.9. The molecule has 2 saturated carbocycles. The zero-order chi connectivity index (χ0) is 24.9. The van der Waals surface area contributed by atoms with Crippen LogP contribution in [0, 0.1) is 5.92 Å². The number of aromatic amines is 1. The minimum absolute atomic E-state index is 0.0406. The van der Waals surface area contributed by atoms with Crippen molar-refractivity contribution in [2.45, 2.75) is 74.1 Å². The lowest BCUT2D eigenvalue weighted by Crippen LogP contribution is -2.78. The average Bonchev–Trinajstić information content (AvgIpc) is 3.50. The number of fused-ring (bicyclic) bond motifs is 1. The molecule has 37 heavy (non-hydrogen) atoms. The van der Waals surface area contributed by atoms with E-state index in [1.165, 1.54) is 18.4 Å². The van der Waals surface area contributed by atoms with Crippen molar-refractivity contribution in [2.75, 3.05) is 13.1 Å². The van der Waals surface area contributed by atoms with Gasteiger partial charge in [-0.05, 0) is 74.2 Å². The molecule has 7 nitrogen and oxygen atoms in total. The van der Waals surface area contributed by atoms with Crippen LogP contribution in [0.15, 0.2) is 42.6 Å². The normalized spacial score (nSPS) is 33.7. The number of hydrogen-bond donors (Lipinski definition) is 4. The summed E-state index contributed by atoms with van der Waals surface area (Å²) in [6.07, 6.45) is 7.20. The van der Waals surface area contributed by atoms with E-state index in [1.54, 1.807) is 6.07 Å². The summed E-state index contributed by atoms with van der Waals surface area (Å²) in [6, 6.07) is 11.6. The number of phenolic OH excluding ortho intramolecular Hbond substituents is 1. The topological polar surface area (TPSA) is 97.8 Å². The van der Waals surface area contributed by atoms with Crippen LogP contribution in [-0.2, 0) is 23.1 Å². The summed E-state index contributed by atoms with van der Waals surface area (Å²) in [7, 11) is 0. The van der Waals surface area contributed by atoms with Gasteiger partial charge in [0.15, 0.2) is 11.5 Å². The largest absolute Gasteiger partial charge is 0.504 e. The number of benzene rings is 2. The Morgan fingerprint density at radius 1 is 1.16 bits per heavy atom. The molecule has 0 radical (unpaired) electrons. The Morgan fingerprint density at radius 2 is 2.03 bits per heavy atom. The number of amides is 1. The Labute approximate surface area is 215 Å². The highest BCUT2D eigenvalue weighted by Gasteiger charge is 2.73. The van der Waals surface area contributed by atoms with Crippen molar-refractivity contribution >= 4 is 16.8 Å². The highest BCUT2D eigenvalue weighted by atomic mass is 16.5. The quantitative estimate of drug-likeness (QED) is 0.432. The molecule has 8 rings (SSSR count). The first-order chi connectivity index (χ1) is 18.0. The van der Waals surface area contributed by atoms with Gasteiger partial charge in [0, 0.05) is 35.2 Å². The molecule has 3 aliphatic carbocycles. The van der Waals surface area contributed by atoms with Crippen molar-refractivity contribution in [1.29, 1.82) is 0 Å². The Balaban J connectivity index is 1.14. The van der Waals surface area contributed by atoms with Crippen LogP contribution in [0.25, 0.3) is 10.9 Å². The van der Waals surface area contributed by atoms with E-state index < -0.39 is 17.1 Å². The number of nitrogens with zero attached hydrogens (tertiary/aromatic N) is 1. The lowest BCUT2D eigenvalue weighted by Gasteiger charge is -2.64. The molecule has 192 valence electrons. The third kappa shape index (κ3) is 2.93. The van der Waals surface area contributed by atoms with E-state index in [-0.39, 0.29) is 30.2 Å². The van der Waals surface area contributed by atoms with Crippen LogP contribution < -0.4 is 10.1 Å². The number of phenols is 1. The first-order valence-electron chi connectivity index (χ1n) is 13.8. The number of aromatic hydroxyl groups is 1. The van der Waals surface area contributed by atoms with Crippen molar-refractivity contribution < 1.29 is 19.7 Å². The van der Waals surface area contributed by atoms with Crippen molar-refractivity contribution in [3.63, 3.8) is 0 Å². The lowest BCUT2D eigenvalue weighted by molar-refractivity contribution is -0.192. The number of aromatic nitrogens is 1. The predicted octanol–water partition coefficient (Wildman–Crippen LogP) is 3.17. The zero-order valence-electron chi connectivity index (χ0n) is 20.9. The average molecular weight is 500 g/mol. The van der Waals surface area contributed by atoms with Crippen molar-refractivity contribution in [1.82, 2.24) is 15.2 Å². The van der Waals surface area contributed by atoms with Gasteiger partial charge in [-0.25, -0.2) is 0 Å². The number of hydrogen-bond acceptors (Lipinski definition) is 5. The van der Waals surface area contributed by atoms with E-state index in [9.17, 15) is 15.0 Å². The number of H-pyrrole nitrogens is 1. The summed E-state index contributed by atoms with van der Waals surface area (Å²) in [4.78, 5) is 19.1. The second-order valence-electron chi connectivity index (χ2n) is 12.0. The SMILES string of the molecule is O=C(Cc1c[nH]c2ccccc12)N[C@@H]1CC[C@@]2(O)[C@H]3Cc4ccc(O)c5c4[C@@]2(CCN3CC2CC2)[C@H]1O5. The number of carbonyl (C=O) groups excluding carboxylic acids is 1. The van der Waals surface area contributed by atoms with Gasteiger partial charge in [0.25, 0.3) is 0 Å². The van der Waals surface area contributed by atoms with E-state index in [0.29, 0.717) is 18.6 Å². The summed E-state index contributed by atoms with van der Waals surface area (Å²) < 4.78 is 6.57. The van der Waals surface area contributed by atoms with E-state index in [4.69, 9.17) is 4.74 Å². The van der Waals surface area contributed by atoms with Crippen LogP contribution in [0.2, 0.25) is 0 Å². The third-order valence-corrected chi connectivity index (χ3v) is 10.1. The van der Waals surface area contributed by atoms with Crippen LogP contribution in [-0.4, -0.2) is 62.9 Å². The van der Waals surface area contributed by atoms with Crippen molar-refractivity contribution in [3.8, 4) is 11.5 Å². The molecule has 1 spiro atoms. The number of piperidine rings is 1. The van der Waals surface area contributed by atoms with Crippen LogP contribution in [0.5, 0.6) is 11.5 Å². The number of para-hydroxylation sites is 1. The highest BCUT2D eigenvalue weighted by molar-refractivity contribution is 5.89. The molecule has 1 saturated heterocycles. The van der Waals surface area contributed by atoms with Gasteiger partial charge in [-0.3, -0.25) is 9.69 Å². The fourth-order valence-corrected chi connectivity index (χ4v) is 8.34. The maximum Gasteiger partial charge on any atom is 0.224 e. The number of likely N-dealkylation sites (tertiary alicyclic amines) is 1. The Hall–Kier alpha value is -3.03. The number of ether oxygens (including phenoxy) is 1. The maximum atomic E-state index is 13.3. The molecule has 2 bridgehead atoms. The monoisotopic (exact) mass is 499 g/mol. The number of aliphatic hydroxyl groups is 1. The molecule has 0 unspecified atom stereocenters. The number of nitrogens with one attached hydrogen (secondary N) is 2. The van der Waals surface area contributed by atoms with Gasteiger partial charge in [-0.15, -0.1) is 0 Å². The number of rotatable bonds is 5. The van der Waals surface area contributed by atoms with Crippen molar-refractivity contribution in [3.05, 3.63) is 59.3 Å².